The van der Waals surface area contributed by atoms with E-state index in [1.165, 1.54) is 0 Å². The molecule has 0 saturated carbocycles. The van der Waals surface area contributed by atoms with E-state index in [1.807, 2.05) is 4.90 Å². The van der Waals surface area contributed by atoms with Gasteiger partial charge in [-0.2, -0.15) is 0 Å². The van der Waals surface area contributed by atoms with Gasteiger partial charge in [0.1, 0.15) is 0 Å². The third kappa shape index (κ3) is 2.51. The summed E-state index contributed by atoms with van der Waals surface area (Å²) < 4.78 is 10.7. The molecule has 3 rings (SSSR count). The summed E-state index contributed by atoms with van der Waals surface area (Å²) in [5.41, 5.74) is 0. The predicted molar refractivity (Wildman–Crippen MR) is 65.4 cm³/mol. The molecule has 0 spiro atoms. The average molecular weight is 255 g/mol. The van der Waals surface area contributed by atoms with E-state index < -0.39 is 0 Å². The molecule has 0 radical (unpaired) electrons. The van der Waals surface area contributed by atoms with Crippen molar-refractivity contribution < 1.29 is 14.3 Å². The summed E-state index contributed by atoms with van der Waals surface area (Å²) in [6.07, 6.45) is -0.379. The number of carbonyl (C=O) groups excluding carboxylic acids is 1. The Morgan fingerprint density at radius 2 is 1.89 bits per heavy atom. The summed E-state index contributed by atoms with van der Waals surface area (Å²) in [5, 5.41) is 3.29. The monoisotopic (exact) mass is 255 g/mol. The van der Waals surface area contributed by atoms with E-state index in [0.29, 0.717) is 25.9 Å². The zero-order valence-electron chi connectivity index (χ0n) is 10.6. The van der Waals surface area contributed by atoms with Crippen LogP contribution < -0.4 is 5.32 Å². The highest BCUT2D eigenvalue weighted by atomic mass is 16.6. The number of piperazine rings is 1. The zero-order chi connectivity index (χ0) is 12.4. The van der Waals surface area contributed by atoms with E-state index >= 15 is 0 Å². The summed E-state index contributed by atoms with van der Waals surface area (Å²) in [6.45, 7) is 7.31. The molecular formula is C12H21N3O3. The number of rotatable bonds is 2. The first kappa shape index (κ1) is 12.3. The molecular weight excluding hydrogens is 234 g/mol. The summed E-state index contributed by atoms with van der Waals surface area (Å²) in [7, 11) is 0. The Hall–Kier alpha value is -0.690. The molecule has 0 aromatic carbocycles. The van der Waals surface area contributed by atoms with Crippen LogP contribution in [-0.2, 0) is 14.3 Å². The fraction of sp³-hybridized carbons (Fsp3) is 0.917. The SMILES string of the molecule is O=C(C1COCCO1)N1CCN(C2CNC2)CC1. The van der Waals surface area contributed by atoms with Crippen molar-refractivity contribution in [3.63, 3.8) is 0 Å². The minimum atomic E-state index is -0.379. The molecule has 0 aromatic rings. The van der Waals surface area contributed by atoms with E-state index in [1.54, 1.807) is 0 Å². The molecule has 1 N–H and O–H groups in total. The van der Waals surface area contributed by atoms with Gasteiger partial charge in [-0.25, -0.2) is 0 Å². The Balaban J connectivity index is 1.47. The molecule has 3 saturated heterocycles. The van der Waals surface area contributed by atoms with Gasteiger partial charge in [-0.3, -0.25) is 9.69 Å². The Bertz CT molecular complexity index is 295. The van der Waals surface area contributed by atoms with Crippen molar-refractivity contribution in [2.75, 3.05) is 59.1 Å². The van der Waals surface area contributed by atoms with Crippen molar-refractivity contribution in [1.29, 1.82) is 0 Å². The van der Waals surface area contributed by atoms with Crippen LogP contribution in [0.4, 0.5) is 0 Å². The lowest BCUT2D eigenvalue weighted by Crippen LogP contribution is -2.62. The van der Waals surface area contributed by atoms with E-state index in [4.69, 9.17) is 9.47 Å². The van der Waals surface area contributed by atoms with Gasteiger partial charge in [-0.1, -0.05) is 0 Å². The summed E-state index contributed by atoms with van der Waals surface area (Å²) in [6, 6.07) is 0.677. The molecule has 3 aliphatic rings. The van der Waals surface area contributed by atoms with Crippen molar-refractivity contribution in [3.8, 4) is 0 Å². The minimum Gasteiger partial charge on any atom is -0.376 e. The summed E-state index contributed by atoms with van der Waals surface area (Å²) in [5.74, 6) is 0.0982. The second kappa shape index (κ2) is 5.52. The van der Waals surface area contributed by atoms with Gasteiger partial charge in [0, 0.05) is 45.3 Å². The van der Waals surface area contributed by atoms with Gasteiger partial charge in [0.15, 0.2) is 6.10 Å². The highest BCUT2D eigenvalue weighted by Crippen LogP contribution is 2.12. The van der Waals surface area contributed by atoms with Gasteiger partial charge in [-0.05, 0) is 0 Å². The van der Waals surface area contributed by atoms with Crippen LogP contribution in [0.25, 0.3) is 0 Å². The third-order valence-electron chi connectivity index (χ3n) is 3.99. The van der Waals surface area contributed by atoms with Crippen molar-refractivity contribution in [2.45, 2.75) is 12.1 Å². The number of hydrogen-bond acceptors (Lipinski definition) is 5. The molecule has 3 fully saturated rings. The molecule has 1 amide bonds. The van der Waals surface area contributed by atoms with E-state index in [-0.39, 0.29) is 12.0 Å². The maximum atomic E-state index is 12.2. The fourth-order valence-corrected chi connectivity index (χ4v) is 2.67. The van der Waals surface area contributed by atoms with Crippen LogP contribution in [0.15, 0.2) is 0 Å². The lowest BCUT2D eigenvalue weighted by atomic mass is 10.1. The standard InChI is InChI=1S/C12H21N3O3/c16-12(11-9-17-5-6-18-11)15-3-1-14(2-4-15)10-7-13-8-10/h10-11,13H,1-9H2. The molecule has 0 aliphatic carbocycles. The van der Waals surface area contributed by atoms with E-state index in [2.05, 4.69) is 10.2 Å². The lowest BCUT2D eigenvalue weighted by Gasteiger charge is -2.43. The first-order valence-electron chi connectivity index (χ1n) is 6.77. The van der Waals surface area contributed by atoms with Crippen LogP contribution >= 0.6 is 0 Å². The molecule has 102 valence electrons. The second-order valence-electron chi connectivity index (χ2n) is 5.11. The molecule has 1 atom stereocenters. The van der Waals surface area contributed by atoms with E-state index in [0.717, 1.165) is 39.3 Å². The van der Waals surface area contributed by atoms with Gasteiger partial charge in [0.2, 0.25) is 0 Å². The number of nitrogens with zero attached hydrogens (tertiary/aromatic N) is 2. The second-order valence-corrected chi connectivity index (χ2v) is 5.11. The number of nitrogens with one attached hydrogen (secondary N) is 1. The molecule has 18 heavy (non-hydrogen) atoms. The fourth-order valence-electron chi connectivity index (χ4n) is 2.67. The largest absolute Gasteiger partial charge is 0.376 e. The van der Waals surface area contributed by atoms with Crippen molar-refractivity contribution in [1.82, 2.24) is 15.1 Å². The Morgan fingerprint density at radius 1 is 1.11 bits per heavy atom. The normalized spacial score (nSPS) is 31.1. The minimum absolute atomic E-state index is 0.0982. The Morgan fingerprint density at radius 3 is 2.44 bits per heavy atom. The van der Waals surface area contributed by atoms with Gasteiger partial charge in [0.25, 0.3) is 5.91 Å². The predicted octanol–water partition coefficient (Wildman–Crippen LogP) is -1.48. The topological polar surface area (TPSA) is 54.0 Å². The first-order chi connectivity index (χ1) is 8.84. The summed E-state index contributed by atoms with van der Waals surface area (Å²) >= 11 is 0. The first-order valence-corrected chi connectivity index (χ1v) is 6.77. The maximum Gasteiger partial charge on any atom is 0.254 e. The smallest absolute Gasteiger partial charge is 0.254 e. The van der Waals surface area contributed by atoms with Gasteiger partial charge < -0.3 is 19.7 Å². The van der Waals surface area contributed by atoms with Crippen molar-refractivity contribution >= 4 is 5.91 Å². The molecule has 0 aromatic heterocycles. The molecule has 6 heteroatoms. The zero-order valence-corrected chi connectivity index (χ0v) is 10.6. The van der Waals surface area contributed by atoms with Crippen molar-refractivity contribution in [2.24, 2.45) is 0 Å². The molecule has 1 unspecified atom stereocenters. The lowest BCUT2D eigenvalue weighted by molar-refractivity contribution is -0.159. The van der Waals surface area contributed by atoms with Crippen LogP contribution in [0.1, 0.15) is 0 Å². The number of amides is 1. The summed E-state index contributed by atoms with van der Waals surface area (Å²) in [4.78, 5) is 16.6. The highest BCUT2D eigenvalue weighted by Gasteiger charge is 2.32. The van der Waals surface area contributed by atoms with Crippen LogP contribution in [-0.4, -0.2) is 86.9 Å². The van der Waals surface area contributed by atoms with Crippen LogP contribution in [0.3, 0.4) is 0 Å². The maximum absolute atomic E-state index is 12.2. The number of carbonyl (C=O) groups is 1. The van der Waals surface area contributed by atoms with Crippen LogP contribution in [0, 0.1) is 0 Å². The molecule has 0 bridgehead atoms. The number of hydrogen-bond donors (Lipinski definition) is 1. The number of ether oxygens (including phenoxy) is 2. The average Bonchev–Trinajstić information content (AvgIpc) is 2.38. The van der Waals surface area contributed by atoms with Crippen LogP contribution in [0.5, 0.6) is 0 Å². The Kier molecular flexibility index (Phi) is 3.79. The van der Waals surface area contributed by atoms with Gasteiger partial charge in [-0.15, -0.1) is 0 Å². The van der Waals surface area contributed by atoms with Crippen LogP contribution in [0.2, 0.25) is 0 Å². The highest BCUT2D eigenvalue weighted by molar-refractivity contribution is 5.81. The molecule has 3 aliphatic heterocycles. The van der Waals surface area contributed by atoms with Gasteiger partial charge >= 0.3 is 0 Å². The quantitative estimate of drug-likeness (QED) is 0.652. The third-order valence-corrected chi connectivity index (χ3v) is 3.99. The van der Waals surface area contributed by atoms with Crippen molar-refractivity contribution in [3.05, 3.63) is 0 Å². The molecule has 6 nitrogen and oxygen atoms in total. The Labute approximate surface area is 107 Å². The molecule has 3 heterocycles. The van der Waals surface area contributed by atoms with Gasteiger partial charge in [0.05, 0.1) is 19.8 Å². The van der Waals surface area contributed by atoms with E-state index in [9.17, 15) is 4.79 Å².